The first-order valence-electron chi connectivity index (χ1n) is 6.14. The van der Waals surface area contributed by atoms with Crippen molar-refractivity contribution in [1.29, 1.82) is 0 Å². The van der Waals surface area contributed by atoms with E-state index in [-0.39, 0.29) is 18.3 Å². The molecule has 0 aromatic carbocycles. The SMILES string of the molecule is COC(=O)[C@H](CO)NCCC1OCC(C)(C)CO1. The molecule has 0 aliphatic carbocycles. The first-order valence-corrected chi connectivity index (χ1v) is 6.14. The third kappa shape index (κ3) is 4.89. The molecule has 1 rings (SSSR count). The van der Waals surface area contributed by atoms with Crippen molar-refractivity contribution in [3.63, 3.8) is 0 Å². The Kier molecular flexibility index (Phi) is 6.01. The van der Waals surface area contributed by atoms with Gasteiger partial charge >= 0.3 is 5.97 Å². The minimum atomic E-state index is -0.685. The molecule has 0 aromatic rings. The summed E-state index contributed by atoms with van der Waals surface area (Å²) in [5.41, 5.74) is 0.0591. The van der Waals surface area contributed by atoms with Gasteiger partial charge in [-0.15, -0.1) is 0 Å². The van der Waals surface area contributed by atoms with Gasteiger partial charge in [0.2, 0.25) is 0 Å². The summed E-state index contributed by atoms with van der Waals surface area (Å²) < 4.78 is 15.7. The summed E-state index contributed by atoms with van der Waals surface area (Å²) in [7, 11) is 1.29. The zero-order valence-electron chi connectivity index (χ0n) is 11.3. The van der Waals surface area contributed by atoms with E-state index in [0.717, 1.165) is 0 Å². The summed E-state index contributed by atoms with van der Waals surface area (Å²) in [5, 5.41) is 11.9. The molecule has 0 spiro atoms. The van der Waals surface area contributed by atoms with Crippen LogP contribution in [0.4, 0.5) is 0 Å². The van der Waals surface area contributed by atoms with Crippen LogP contribution in [0.2, 0.25) is 0 Å². The lowest BCUT2D eigenvalue weighted by Crippen LogP contribution is -2.43. The van der Waals surface area contributed by atoms with Crippen LogP contribution < -0.4 is 5.32 Å². The first kappa shape index (κ1) is 15.4. The molecule has 2 N–H and O–H groups in total. The van der Waals surface area contributed by atoms with Gasteiger partial charge in [0, 0.05) is 18.4 Å². The van der Waals surface area contributed by atoms with Crippen molar-refractivity contribution in [3.8, 4) is 0 Å². The van der Waals surface area contributed by atoms with Crippen molar-refractivity contribution < 1.29 is 24.1 Å². The van der Waals surface area contributed by atoms with Gasteiger partial charge in [-0.25, -0.2) is 0 Å². The van der Waals surface area contributed by atoms with Gasteiger partial charge in [0.25, 0.3) is 0 Å². The molecule has 106 valence electrons. The van der Waals surface area contributed by atoms with Crippen molar-refractivity contribution in [2.45, 2.75) is 32.6 Å². The van der Waals surface area contributed by atoms with Gasteiger partial charge in [-0.1, -0.05) is 13.8 Å². The maximum absolute atomic E-state index is 11.2. The lowest BCUT2D eigenvalue weighted by molar-refractivity contribution is -0.223. The standard InChI is InChI=1S/C12H23NO5/c1-12(2)7-17-10(18-8-12)4-5-13-9(6-14)11(15)16-3/h9-10,13-14H,4-8H2,1-3H3/t9-/m0/s1. The number of nitrogens with one attached hydrogen (secondary N) is 1. The predicted molar refractivity (Wildman–Crippen MR) is 65.0 cm³/mol. The number of rotatable bonds is 6. The summed E-state index contributed by atoms with van der Waals surface area (Å²) in [6, 6.07) is -0.685. The molecule has 0 unspecified atom stereocenters. The van der Waals surface area contributed by atoms with Crippen molar-refractivity contribution in [3.05, 3.63) is 0 Å². The Balaban J connectivity index is 2.20. The first-order chi connectivity index (χ1) is 8.48. The van der Waals surface area contributed by atoms with E-state index in [2.05, 4.69) is 23.9 Å². The highest BCUT2D eigenvalue weighted by Gasteiger charge is 2.28. The zero-order valence-corrected chi connectivity index (χ0v) is 11.3. The number of methoxy groups -OCH3 is 1. The second-order valence-corrected chi connectivity index (χ2v) is 5.22. The van der Waals surface area contributed by atoms with Crippen LogP contribution in [-0.2, 0) is 19.0 Å². The lowest BCUT2D eigenvalue weighted by atomic mass is 9.95. The number of ether oxygens (including phenoxy) is 3. The van der Waals surface area contributed by atoms with E-state index in [1.165, 1.54) is 7.11 Å². The average molecular weight is 261 g/mol. The van der Waals surface area contributed by atoms with Crippen molar-refractivity contribution in [2.75, 3.05) is 33.5 Å². The molecule has 6 heteroatoms. The van der Waals surface area contributed by atoms with E-state index >= 15 is 0 Å². The number of aliphatic hydroxyl groups is 1. The van der Waals surface area contributed by atoms with Gasteiger partial charge in [0.05, 0.1) is 26.9 Å². The maximum atomic E-state index is 11.2. The Morgan fingerprint density at radius 1 is 1.50 bits per heavy atom. The third-order valence-electron chi connectivity index (χ3n) is 2.76. The van der Waals surface area contributed by atoms with Gasteiger partial charge in [0.1, 0.15) is 6.04 Å². The molecule has 0 saturated carbocycles. The molecule has 1 aliphatic heterocycles. The molecule has 1 atom stereocenters. The fourth-order valence-electron chi connectivity index (χ4n) is 1.63. The van der Waals surface area contributed by atoms with E-state index in [1.54, 1.807) is 0 Å². The fraction of sp³-hybridized carbons (Fsp3) is 0.917. The molecule has 0 aromatic heterocycles. The van der Waals surface area contributed by atoms with Gasteiger partial charge in [-0.2, -0.15) is 0 Å². The van der Waals surface area contributed by atoms with Crippen LogP contribution in [0.3, 0.4) is 0 Å². The highest BCUT2D eigenvalue weighted by molar-refractivity contribution is 5.75. The molecule has 0 amide bonds. The molecule has 1 saturated heterocycles. The average Bonchev–Trinajstić information content (AvgIpc) is 2.35. The highest BCUT2D eigenvalue weighted by atomic mass is 16.7. The number of hydrogen-bond acceptors (Lipinski definition) is 6. The molecular formula is C12H23NO5. The second-order valence-electron chi connectivity index (χ2n) is 5.22. The summed E-state index contributed by atoms with van der Waals surface area (Å²) >= 11 is 0. The van der Waals surface area contributed by atoms with Crippen molar-refractivity contribution in [2.24, 2.45) is 5.41 Å². The van der Waals surface area contributed by atoms with E-state index < -0.39 is 12.0 Å². The lowest BCUT2D eigenvalue weighted by Gasteiger charge is -2.34. The molecule has 1 heterocycles. The van der Waals surface area contributed by atoms with Crippen LogP contribution in [0.5, 0.6) is 0 Å². The van der Waals surface area contributed by atoms with Crippen LogP contribution in [0.1, 0.15) is 20.3 Å². The summed E-state index contributed by atoms with van der Waals surface area (Å²) in [5.74, 6) is -0.468. The smallest absolute Gasteiger partial charge is 0.325 e. The zero-order chi connectivity index (χ0) is 13.6. The summed E-state index contributed by atoms with van der Waals surface area (Å²) in [6.45, 7) is 5.73. The second kappa shape index (κ2) is 7.04. The number of carbonyl (C=O) groups excluding carboxylic acids is 1. The van der Waals surface area contributed by atoms with Gasteiger partial charge in [-0.05, 0) is 0 Å². The minimum absolute atomic E-state index is 0.0591. The van der Waals surface area contributed by atoms with Crippen molar-refractivity contribution >= 4 is 5.97 Å². The molecular weight excluding hydrogens is 238 g/mol. The minimum Gasteiger partial charge on any atom is -0.468 e. The Bertz CT molecular complexity index is 259. The number of aliphatic hydroxyl groups excluding tert-OH is 1. The number of esters is 1. The van der Waals surface area contributed by atoms with Gasteiger partial charge in [0.15, 0.2) is 6.29 Å². The normalized spacial score (nSPS) is 21.6. The van der Waals surface area contributed by atoms with Gasteiger partial charge in [-0.3, -0.25) is 4.79 Å². The highest BCUT2D eigenvalue weighted by Crippen LogP contribution is 2.23. The number of hydrogen-bond donors (Lipinski definition) is 2. The van der Waals surface area contributed by atoms with E-state index in [0.29, 0.717) is 26.2 Å². The van der Waals surface area contributed by atoms with E-state index in [9.17, 15) is 4.79 Å². The van der Waals surface area contributed by atoms with Gasteiger partial charge < -0.3 is 24.6 Å². The molecule has 1 fully saturated rings. The van der Waals surface area contributed by atoms with Crippen LogP contribution >= 0.6 is 0 Å². The molecule has 1 aliphatic rings. The molecule has 0 radical (unpaired) electrons. The topological polar surface area (TPSA) is 77.0 Å². The Morgan fingerprint density at radius 2 is 2.11 bits per heavy atom. The Hall–Kier alpha value is -0.690. The molecule has 0 bridgehead atoms. The number of carbonyl (C=O) groups is 1. The molecule has 18 heavy (non-hydrogen) atoms. The maximum Gasteiger partial charge on any atom is 0.325 e. The van der Waals surface area contributed by atoms with Crippen LogP contribution in [-0.4, -0.2) is 56.9 Å². The van der Waals surface area contributed by atoms with Crippen LogP contribution in [0.25, 0.3) is 0 Å². The molecule has 6 nitrogen and oxygen atoms in total. The third-order valence-corrected chi connectivity index (χ3v) is 2.76. The van der Waals surface area contributed by atoms with Crippen molar-refractivity contribution in [1.82, 2.24) is 5.32 Å². The van der Waals surface area contributed by atoms with E-state index in [1.807, 2.05) is 0 Å². The summed E-state index contributed by atoms with van der Waals surface area (Å²) in [6.07, 6.45) is 0.381. The monoisotopic (exact) mass is 261 g/mol. The Labute approximate surface area is 108 Å². The quantitative estimate of drug-likeness (QED) is 0.650. The van der Waals surface area contributed by atoms with E-state index in [4.69, 9.17) is 14.6 Å². The van der Waals surface area contributed by atoms with Crippen LogP contribution in [0.15, 0.2) is 0 Å². The fourth-order valence-corrected chi connectivity index (χ4v) is 1.63. The summed E-state index contributed by atoms with van der Waals surface area (Å²) in [4.78, 5) is 11.2. The largest absolute Gasteiger partial charge is 0.468 e. The Morgan fingerprint density at radius 3 is 2.61 bits per heavy atom. The predicted octanol–water partition coefficient (Wildman–Crippen LogP) is -0.101. The van der Waals surface area contributed by atoms with Crippen LogP contribution in [0, 0.1) is 5.41 Å².